The first kappa shape index (κ1) is 40.1. The lowest BCUT2D eigenvalue weighted by Crippen LogP contribution is -2.56. The van der Waals surface area contributed by atoms with Crippen LogP contribution in [0.4, 0.5) is 0 Å². The van der Waals surface area contributed by atoms with E-state index in [-0.39, 0.29) is 58.5 Å². The monoisotopic (exact) mass is 710 g/mol. The summed E-state index contributed by atoms with van der Waals surface area (Å²) in [5.74, 6) is 2.77. The Bertz CT molecular complexity index is 1050. The smallest absolute Gasteiger partial charge is 0.250 e. The number of ether oxygens (including phenoxy) is 6. The van der Waals surface area contributed by atoms with E-state index in [0.29, 0.717) is 11.8 Å². The third kappa shape index (κ3) is 8.65. The van der Waals surface area contributed by atoms with Crippen LogP contribution in [0.1, 0.15) is 94.9 Å². The van der Waals surface area contributed by atoms with Gasteiger partial charge in [0.2, 0.25) is 16.6 Å². The van der Waals surface area contributed by atoms with E-state index in [4.69, 9.17) is 37.3 Å². The molecule has 0 aromatic rings. The molecule has 2 fully saturated rings. The molecule has 0 aromatic heterocycles. The van der Waals surface area contributed by atoms with E-state index >= 15 is 0 Å². The largest absolute Gasteiger partial charge is 0.546 e. The Morgan fingerprint density at radius 1 is 0.542 bits per heavy atom. The molecule has 0 N–H and O–H groups in total. The molecule has 4 rings (SSSR count). The van der Waals surface area contributed by atoms with Crippen LogP contribution in [-0.4, -0.2) is 80.1 Å². The van der Waals surface area contributed by atoms with Crippen molar-refractivity contribution >= 4 is 16.6 Å². The molecule has 278 valence electrons. The standard InChI is InChI=1S/C38H70O8Si2/c1-23-17-19-27(35-25(3)29(21-31(39-11)43-35)45-47(13,14)37(5,6)7)41-33(23)34-24(2)18-20-28(42-34)36-26(4)30(22-32(40-12)44-36)46-48(15,16)38(8,9)10/h21-28,31-36H,17-20H2,1-16H3/t23-,24-,25-,26-,27+,28+,31?,32?,33-,34-,35+,36+/m0/s1. The minimum atomic E-state index is -2.05. The second-order valence-corrected chi connectivity index (χ2v) is 27.7. The SMILES string of the molecule is COC1C=C(O[Si](C)(C)C(C)(C)C)[C@H](C)[C@H]([C@H]2CC[C@H](C)[C@@H]([C@H]3O[C@@H]([C@@H]4OC(OC)C=C(O[Si](C)(C)C(C)(C)C)[C@@H]4C)CC[C@@H]3C)O2)O1. The predicted molar refractivity (Wildman–Crippen MR) is 197 cm³/mol. The van der Waals surface area contributed by atoms with Gasteiger partial charge in [0, 0.05) is 38.2 Å². The van der Waals surface area contributed by atoms with Crippen LogP contribution in [0.2, 0.25) is 36.3 Å². The van der Waals surface area contributed by atoms with Gasteiger partial charge in [0.1, 0.15) is 0 Å². The summed E-state index contributed by atoms with van der Waals surface area (Å²) in [5.41, 5.74) is 0. The highest BCUT2D eigenvalue weighted by molar-refractivity contribution is 6.74. The lowest BCUT2D eigenvalue weighted by atomic mass is 9.79. The normalized spacial score (nSPS) is 39.0. The minimum Gasteiger partial charge on any atom is -0.546 e. The zero-order chi connectivity index (χ0) is 36.0. The molecule has 48 heavy (non-hydrogen) atoms. The van der Waals surface area contributed by atoms with Crippen molar-refractivity contribution < 1.29 is 37.3 Å². The number of hydrogen-bond donors (Lipinski definition) is 0. The second-order valence-electron chi connectivity index (χ2n) is 18.2. The topological polar surface area (TPSA) is 73.8 Å². The molecule has 10 heteroatoms. The van der Waals surface area contributed by atoms with Gasteiger partial charge in [0.25, 0.3) is 0 Å². The highest BCUT2D eigenvalue weighted by atomic mass is 28.4. The molecular weight excluding hydrogens is 641 g/mol. The average Bonchev–Trinajstić information content (AvgIpc) is 2.98. The summed E-state index contributed by atoms with van der Waals surface area (Å²) in [7, 11) is -0.712. The molecule has 2 saturated heterocycles. The first-order chi connectivity index (χ1) is 22.1. The molecule has 8 nitrogen and oxygen atoms in total. The van der Waals surface area contributed by atoms with E-state index in [1.165, 1.54) is 0 Å². The number of methoxy groups -OCH3 is 2. The molecule has 0 aliphatic carbocycles. The Labute approximate surface area is 295 Å². The Morgan fingerprint density at radius 3 is 1.17 bits per heavy atom. The summed E-state index contributed by atoms with van der Waals surface area (Å²) < 4.78 is 52.6. The van der Waals surface area contributed by atoms with Crippen molar-refractivity contribution in [1.29, 1.82) is 0 Å². The van der Waals surface area contributed by atoms with Crippen LogP contribution in [-0.2, 0) is 37.3 Å². The molecule has 0 saturated carbocycles. The number of hydrogen-bond acceptors (Lipinski definition) is 8. The van der Waals surface area contributed by atoms with Crippen molar-refractivity contribution in [1.82, 2.24) is 0 Å². The van der Waals surface area contributed by atoms with Gasteiger partial charge in [-0.15, -0.1) is 0 Å². The molecule has 0 bridgehead atoms. The van der Waals surface area contributed by atoms with E-state index in [1.54, 1.807) is 14.2 Å². The molecular formula is C38H70O8Si2. The van der Waals surface area contributed by atoms with Crippen LogP contribution in [0.3, 0.4) is 0 Å². The molecule has 4 aliphatic heterocycles. The van der Waals surface area contributed by atoms with Crippen LogP contribution in [0.5, 0.6) is 0 Å². The highest BCUT2D eigenvalue weighted by Gasteiger charge is 2.50. The molecule has 4 heterocycles. The van der Waals surface area contributed by atoms with Crippen molar-refractivity contribution in [3.8, 4) is 0 Å². The van der Waals surface area contributed by atoms with Gasteiger partial charge in [0.15, 0.2) is 12.6 Å². The molecule has 0 radical (unpaired) electrons. The molecule has 12 atom stereocenters. The first-order valence-electron chi connectivity index (χ1n) is 18.6. The van der Waals surface area contributed by atoms with Crippen LogP contribution in [0.25, 0.3) is 0 Å². The van der Waals surface area contributed by atoms with E-state index < -0.39 is 29.2 Å². The van der Waals surface area contributed by atoms with Crippen LogP contribution < -0.4 is 0 Å². The number of rotatable bonds is 9. The fourth-order valence-corrected chi connectivity index (χ4v) is 9.31. The average molecular weight is 711 g/mol. The van der Waals surface area contributed by atoms with Crippen molar-refractivity contribution in [2.75, 3.05) is 14.2 Å². The molecule has 0 spiro atoms. The maximum Gasteiger partial charge on any atom is 0.250 e. The third-order valence-electron chi connectivity index (χ3n) is 12.5. The van der Waals surface area contributed by atoms with E-state index in [1.807, 2.05) is 12.2 Å². The zero-order valence-electron chi connectivity index (χ0n) is 33.2. The summed E-state index contributed by atoms with van der Waals surface area (Å²) in [4.78, 5) is 0. The maximum absolute atomic E-state index is 7.11. The summed E-state index contributed by atoms with van der Waals surface area (Å²) in [5, 5.41) is 0.181. The predicted octanol–water partition coefficient (Wildman–Crippen LogP) is 9.18. The van der Waals surface area contributed by atoms with Crippen LogP contribution in [0.15, 0.2) is 23.7 Å². The van der Waals surface area contributed by atoms with Crippen molar-refractivity contribution in [2.24, 2.45) is 23.7 Å². The van der Waals surface area contributed by atoms with Gasteiger partial charge in [-0.2, -0.15) is 0 Å². The van der Waals surface area contributed by atoms with Gasteiger partial charge in [-0.1, -0.05) is 69.2 Å². The maximum atomic E-state index is 7.11. The fraction of sp³-hybridized carbons (Fsp3) is 0.895. The van der Waals surface area contributed by atoms with Crippen LogP contribution >= 0.6 is 0 Å². The minimum absolute atomic E-state index is 0.0513. The van der Waals surface area contributed by atoms with Crippen molar-refractivity contribution in [2.45, 2.75) is 180 Å². The lowest BCUT2D eigenvalue weighted by Gasteiger charge is -2.50. The third-order valence-corrected chi connectivity index (χ3v) is 21.3. The molecule has 0 aromatic carbocycles. The molecule has 2 unspecified atom stereocenters. The Kier molecular flexibility index (Phi) is 12.6. The van der Waals surface area contributed by atoms with Gasteiger partial charge < -0.3 is 37.3 Å². The summed E-state index contributed by atoms with van der Waals surface area (Å²) in [6.07, 6.45) is 6.46. The van der Waals surface area contributed by atoms with E-state index in [2.05, 4.69) is 95.4 Å². The fourth-order valence-electron chi connectivity index (χ4n) is 7.01. The van der Waals surface area contributed by atoms with Crippen molar-refractivity contribution in [3.63, 3.8) is 0 Å². The van der Waals surface area contributed by atoms with Crippen LogP contribution in [0, 0.1) is 23.7 Å². The zero-order valence-corrected chi connectivity index (χ0v) is 35.2. The molecule has 4 aliphatic rings. The van der Waals surface area contributed by atoms with E-state index in [9.17, 15) is 0 Å². The van der Waals surface area contributed by atoms with Gasteiger partial charge in [-0.25, -0.2) is 0 Å². The van der Waals surface area contributed by atoms with Gasteiger partial charge in [0.05, 0.1) is 48.1 Å². The second kappa shape index (κ2) is 15.1. The van der Waals surface area contributed by atoms with Gasteiger partial charge in [-0.3, -0.25) is 0 Å². The summed E-state index contributed by atoms with van der Waals surface area (Å²) in [6.45, 7) is 31.9. The quantitative estimate of drug-likeness (QED) is 0.220. The Hall–Kier alpha value is -0.726. The summed E-state index contributed by atoms with van der Waals surface area (Å²) in [6, 6.07) is 0. The van der Waals surface area contributed by atoms with Gasteiger partial charge >= 0.3 is 0 Å². The van der Waals surface area contributed by atoms with Gasteiger partial charge in [-0.05, 0) is 73.8 Å². The Balaban J connectivity index is 1.52. The highest BCUT2D eigenvalue weighted by Crippen LogP contribution is 2.46. The first-order valence-corrected chi connectivity index (χ1v) is 24.4. The Morgan fingerprint density at radius 2 is 0.875 bits per heavy atom. The lowest BCUT2D eigenvalue weighted by molar-refractivity contribution is -0.259. The van der Waals surface area contributed by atoms with E-state index in [0.717, 1.165) is 37.2 Å². The van der Waals surface area contributed by atoms with Crippen molar-refractivity contribution in [3.05, 3.63) is 23.7 Å². The summed E-state index contributed by atoms with van der Waals surface area (Å²) >= 11 is 0. The molecule has 0 amide bonds.